The van der Waals surface area contributed by atoms with Gasteiger partial charge in [-0.05, 0) is 55.7 Å². The summed E-state index contributed by atoms with van der Waals surface area (Å²) in [4.78, 5) is 26.2. The zero-order valence-corrected chi connectivity index (χ0v) is 18.7. The van der Waals surface area contributed by atoms with Gasteiger partial charge < -0.3 is 16.0 Å². The number of hydrogen-bond acceptors (Lipinski definition) is 6. The SMILES string of the molecule is NC(=O)CSc1ccccc1NC(=O)CS(=O)(=O)Nc1ccc(N2CCCCC2)cc1. The minimum Gasteiger partial charge on any atom is -0.372 e. The van der Waals surface area contributed by atoms with Crippen molar-refractivity contribution in [3.63, 3.8) is 0 Å². The number of nitrogens with two attached hydrogens (primary N) is 1. The van der Waals surface area contributed by atoms with E-state index in [1.165, 1.54) is 18.2 Å². The van der Waals surface area contributed by atoms with Gasteiger partial charge in [-0.1, -0.05) is 12.1 Å². The Kier molecular flexibility index (Phi) is 7.80. The van der Waals surface area contributed by atoms with Crippen LogP contribution < -0.4 is 20.7 Å². The summed E-state index contributed by atoms with van der Waals surface area (Å²) in [5.74, 6) is -1.83. The number of thioether (sulfide) groups is 1. The number of hydrogen-bond donors (Lipinski definition) is 3. The molecule has 1 saturated heterocycles. The van der Waals surface area contributed by atoms with Crippen molar-refractivity contribution in [2.75, 3.05) is 39.5 Å². The Morgan fingerprint density at radius 1 is 1.00 bits per heavy atom. The van der Waals surface area contributed by atoms with Gasteiger partial charge in [-0.3, -0.25) is 14.3 Å². The smallest absolute Gasteiger partial charge is 0.241 e. The number of benzene rings is 2. The second kappa shape index (κ2) is 10.5. The molecule has 0 radical (unpaired) electrons. The fourth-order valence-corrected chi connectivity index (χ4v) is 5.04. The molecule has 0 atom stereocenters. The third kappa shape index (κ3) is 7.18. The maximum absolute atomic E-state index is 12.4. The molecular weight excluding hydrogens is 436 g/mol. The molecule has 10 heteroatoms. The van der Waals surface area contributed by atoms with Gasteiger partial charge in [0.1, 0.15) is 5.75 Å². The number of carbonyl (C=O) groups is 2. The van der Waals surface area contributed by atoms with Gasteiger partial charge in [0.15, 0.2) is 0 Å². The Morgan fingerprint density at radius 3 is 2.35 bits per heavy atom. The van der Waals surface area contributed by atoms with E-state index in [0.29, 0.717) is 16.3 Å². The lowest BCUT2D eigenvalue weighted by Gasteiger charge is -2.28. The van der Waals surface area contributed by atoms with Gasteiger partial charge >= 0.3 is 0 Å². The molecule has 0 bridgehead atoms. The van der Waals surface area contributed by atoms with Crippen LogP contribution in [0.1, 0.15) is 19.3 Å². The van der Waals surface area contributed by atoms with Crippen LogP contribution in [-0.2, 0) is 19.6 Å². The highest BCUT2D eigenvalue weighted by atomic mass is 32.2. The van der Waals surface area contributed by atoms with Gasteiger partial charge in [-0.2, -0.15) is 0 Å². The number of nitrogens with one attached hydrogen (secondary N) is 2. The number of primary amides is 1. The first kappa shape index (κ1) is 23.0. The Hall–Kier alpha value is -2.72. The molecule has 4 N–H and O–H groups in total. The second-order valence-corrected chi connectivity index (χ2v) is 9.99. The maximum Gasteiger partial charge on any atom is 0.241 e. The zero-order valence-electron chi connectivity index (χ0n) is 17.0. The van der Waals surface area contributed by atoms with E-state index in [1.54, 1.807) is 36.4 Å². The molecule has 2 aromatic carbocycles. The number of anilines is 3. The summed E-state index contributed by atoms with van der Waals surface area (Å²) in [6.45, 7) is 2.01. The van der Waals surface area contributed by atoms with Crippen molar-refractivity contribution >= 4 is 50.7 Å². The van der Waals surface area contributed by atoms with Crippen LogP contribution in [0.15, 0.2) is 53.4 Å². The maximum atomic E-state index is 12.4. The fourth-order valence-electron chi connectivity index (χ4n) is 3.31. The van der Waals surface area contributed by atoms with E-state index < -0.39 is 27.6 Å². The Morgan fingerprint density at radius 2 is 1.68 bits per heavy atom. The lowest BCUT2D eigenvalue weighted by atomic mass is 10.1. The quantitative estimate of drug-likeness (QED) is 0.493. The third-order valence-electron chi connectivity index (χ3n) is 4.71. The minimum absolute atomic E-state index is 0.0557. The monoisotopic (exact) mass is 462 g/mol. The van der Waals surface area contributed by atoms with Crippen molar-refractivity contribution in [3.05, 3.63) is 48.5 Å². The molecule has 0 aliphatic carbocycles. The van der Waals surface area contributed by atoms with E-state index in [-0.39, 0.29) is 5.75 Å². The number of para-hydroxylation sites is 1. The highest BCUT2D eigenvalue weighted by molar-refractivity contribution is 8.00. The molecule has 0 spiro atoms. The summed E-state index contributed by atoms with van der Waals surface area (Å²) < 4.78 is 27.3. The van der Waals surface area contributed by atoms with Crippen molar-refractivity contribution in [1.29, 1.82) is 0 Å². The second-order valence-electron chi connectivity index (χ2n) is 7.26. The Bertz CT molecular complexity index is 1020. The first-order valence-electron chi connectivity index (χ1n) is 9.98. The van der Waals surface area contributed by atoms with Gasteiger partial charge in [0.2, 0.25) is 21.8 Å². The molecule has 0 saturated carbocycles. The summed E-state index contributed by atoms with van der Waals surface area (Å²) in [7, 11) is -3.89. The number of amides is 2. The molecule has 3 rings (SSSR count). The van der Waals surface area contributed by atoms with Crippen molar-refractivity contribution in [1.82, 2.24) is 0 Å². The van der Waals surface area contributed by atoms with E-state index in [2.05, 4.69) is 14.9 Å². The lowest BCUT2D eigenvalue weighted by Crippen LogP contribution is -2.29. The van der Waals surface area contributed by atoms with Crippen molar-refractivity contribution in [3.8, 4) is 0 Å². The molecule has 2 aromatic rings. The first-order valence-corrected chi connectivity index (χ1v) is 12.6. The Labute approximate surface area is 186 Å². The molecule has 1 aliphatic rings. The molecule has 8 nitrogen and oxygen atoms in total. The summed E-state index contributed by atoms with van der Waals surface area (Å²) >= 11 is 1.17. The van der Waals surface area contributed by atoms with Crippen LogP contribution >= 0.6 is 11.8 Å². The molecule has 0 unspecified atom stereocenters. The molecule has 31 heavy (non-hydrogen) atoms. The number of rotatable bonds is 9. The van der Waals surface area contributed by atoms with E-state index in [9.17, 15) is 18.0 Å². The predicted molar refractivity (Wildman–Crippen MR) is 125 cm³/mol. The normalized spacial score (nSPS) is 14.1. The topological polar surface area (TPSA) is 122 Å². The molecule has 1 aliphatic heterocycles. The van der Waals surface area contributed by atoms with Gasteiger partial charge in [0.25, 0.3) is 0 Å². The molecule has 1 heterocycles. The number of carbonyl (C=O) groups excluding carboxylic acids is 2. The van der Waals surface area contributed by atoms with Crippen molar-refractivity contribution in [2.24, 2.45) is 5.73 Å². The number of nitrogens with zero attached hydrogens (tertiary/aromatic N) is 1. The summed E-state index contributed by atoms with van der Waals surface area (Å²) in [5, 5.41) is 2.59. The van der Waals surface area contributed by atoms with Gasteiger partial charge in [-0.25, -0.2) is 8.42 Å². The van der Waals surface area contributed by atoms with Gasteiger partial charge in [-0.15, -0.1) is 11.8 Å². The number of piperidine rings is 1. The summed E-state index contributed by atoms with van der Waals surface area (Å²) in [5.41, 5.74) is 7.06. The highest BCUT2D eigenvalue weighted by Gasteiger charge is 2.18. The van der Waals surface area contributed by atoms with E-state index >= 15 is 0 Å². The summed E-state index contributed by atoms with van der Waals surface area (Å²) in [6.07, 6.45) is 3.56. The highest BCUT2D eigenvalue weighted by Crippen LogP contribution is 2.27. The number of sulfonamides is 1. The molecule has 0 aromatic heterocycles. The first-order chi connectivity index (χ1) is 14.8. The standard InChI is InChI=1S/C21H26N4O4S2/c22-20(26)14-30-19-7-3-2-6-18(19)23-21(27)15-31(28,29)24-16-8-10-17(11-9-16)25-12-4-1-5-13-25/h2-3,6-11,24H,1,4-5,12-15H2,(H2,22,26)(H,23,27). The van der Waals surface area contributed by atoms with Crippen LogP contribution in [0.3, 0.4) is 0 Å². The van der Waals surface area contributed by atoms with Crippen LogP contribution in [-0.4, -0.2) is 44.8 Å². The summed E-state index contributed by atoms with van der Waals surface area (Å²) in [6, 6.07) is 14.0. The van der Waals surface area contributed by atoms with Crippen molar-refractivity contribution in [2.45, 2.75) is 24.2 Å². The van der Waals surface area contributed by atoms with E-state index in [0.717, 1.165) is 31.6 Å². The lowest BCUT2D eigenvalue weighted by molar-refractivity contribution is -0.115. The molecule has 2 amide bonds. The van der Waals surface area contributed by atoms with E-state index in [1.807, 2.05) is 12.1 Å². The molecule has 166 valence electrons. The van der Waals surface area contributed by atoms with E-state index in [4.69, 9.17) is 5.73 Å². The zero-order chi connectivity index (χ0) is 22.3. The fraction of sp³-hybridized carbons (Fsp3) is 0.333. The average Bonchev–Trinajstić information content (AvgIpc) is 2.73. The van der Waals surface area contributed by atoms with Crippen molar-refractivity contribution < 1.29 is 18.0 Å². The van der Waals surface area contributed by atoms with Gasteiger partial charge in [0, 0.05) is 29.4 Å². The third-order valence-corrected chi connectivity index (χ3v) is 7.00. The predicted octanol–water partition coefficient (Wildman–Crippen LogP) is 2.63. The van der Waals surface area contributed by atoms with Gasteiger partial charge in [0.05, 0.1) is 11.4 Å². The molecular formula is C21H26N4O4S2. The van der Waals surface area contributed by atoms with Crippen LogP contribution in [0.25, 0.3) is 0 Å². The molecule has 1 fully saturated rings. The van der Waals surface area contributed by atoms with Crippen LogP contribution in [0.4, 0.5) is 17.1 Å². The van der Waals surface area contributed by atoms with Crippen LogP contribution in [0.2, 0.25) is 0 Å². The largest absolute Gasteiger partial charge is 0.372 e. The average molecular weight is 463 g/mol. The van der Waals surface area contributed by atoms with Crippen LogP contribution in [0.5, 0.6) is 0 Å². The minimum atomic E-state index is -3.89. The van der Waals surface area contributed by atoms with Crippen LogP contribution in [0, 0.1) is 0 Å². The Balaban J connectivity index is 1.58.